The maximum absolute atomic E-state index is 13.6. The molecule has 1 unspecified atom stereocenters. The molecule has 9 heteroatoms. The predicted molar refractivity (Wildman–Crippen MR) is 140 cm³/mol. The molecule has 0 saturated heterocycles. The summed E-state index contributed by atoms with van der Waals surface area (Å²) >= 11 is 1.26. The summed E-state index contributed by atoms with van der Waals surface area (Å²) in [4.78, 5) is 43.3. The van der Waals surface area contributed by atoms with Crippen molar-refractivity contribution in [2.75, 3.05) is 13.2 Å². The maximum Gasteiger partial charge on any atom is 0.344 e. The van der Waals surface area contributed by atoms with Crippen LogP contribution in [0.4, 0.5) is 0 Å². The van der Waals surface area contributed by atoms with Gasteiger partial charge in [-0.15, -0.1) is 0 Å². The monoisotopic (exact) mass is 520 g/mol. The molecule has 0 aliphatic carbocycles. The van der Waals surface area contributed by atoms with Gasteiger partial charge in [-0.1, -0.05) is 53.8 Å². The smallest absolute Gasteiger partial charge is 0.344 e. The van der Waals surface area contributed by atoms with Gasteiger partial charge in [0.2, 0.25) is 0 Å². The molecule has 2 aromatic carbocycles. The molecule has 1 aliphatic heterocycles. The number of rotatable bonds is 8. The Morgan fingerprint density at radius 1 is 1.11 bits per heavy atom. The fraction of sp³-hybridized carbons (Fsp3) is 0.286. The lowest BCUT2D eigenvalue weighted by molar-refractivity contribution is -0.145. The third-order valence-corrected chi connectivity index (χ3v) is 6.52. The lowest BCUT2D eigenvalue weighted by Gasteiger charge is -2.25. The number of allylic oxidation sites excluding steroid dienone is 1. The van der Waals surface area contributed by atoms with E-state index in [1.165, 1.54) is 11.3 Å². The second kappa shape index (κ2) is 11.4. The maximum atomic E-state index is 13.6. The van der Waals surface area contributed by atoms with Crippen molar-refractivity contribution < 1.29 is 23.8 Å². The van der Waals surface area contributed by atoms with Crippen LogP contribution in [0.5, 0.6) is 5.75 Å². The summed E-state index contributed by atoms with van der Waals surface area (Å²) in [6, 6.07) is 15.8. The van der Waals surface area contributed by atoms with Gasteiger partial charge in [-0.25, -0.2) is 14.6 Å². The molecule has 0 radical (unpaired) electrons. The van der Waals surface area contributed by atoms with Crippen LogP contribution in [-0.4, -0.2) is 35.8 Å². The van der Waals surface area contributed by atoms with Crippen molar-refractivity contribution in [3.8, 4) is 5.75 Å². The molecule has 0 spiro atoms. The molecule has 192 valence electrons. The fourth-order valence-corrected chi connectivity index (χ4v) is 5.01. The van der Waals surface area contributed by atoms with Crippen LogP contribution in [0.2, 0.25) is 0 Å². The van der Waals surface area contributed by atoms with Gasteiger partial charge >= 0.3 is 11.9 Å². The number of hydrogen-bond donors (Lipinski definition) is 0. The molecule has 1 aromatic heterocycles. The lowest BCUT2D eigenvalue weighted by Crippen LogP contribution is -2.40. The van der Waals surface area contributed by atoms with E-state index < -0.39 is 18.0 Å². The zero-order valence-electron chi connectivity index (χ0n) is 21.1. The Labute approximate surface area is 218 Å². The van der Waals surface area contributed by atoms with Crippen LogP contribution in [-0.2, 0) is 19.1 Å². The second-order valence-electron chi connectivity index (χ2n) is 8.61. The van der Waals surface area contributed by atoms with Gasteiger partial charge in [-0.05, 0) is 57.0 Å². The Morgan fingerprint density at radius 3 is 2.46 bits per heavy atom. The van der Waals surface area contributed by atoms with Gasteiger partial charge in [-0.3, -0.25) is 9.36 Å². The summed E-state index contributed by atoms with van der Waals surface area (Å²) < 4.78 is 17.8. The van der Waals surface area contributed by atoms with Crippen molar-refractivity contribution in [1.82, 2.24) is 4.57 Å². The van der Waals surface area contributed by atoms with Crippen LogP contribution in [0.25, 0.3) is 6.08 Å². The molecule has 8 nitrogen and oxygen atoms in total. The Balaban J connectivity index is 1.72. The zero-order chi connectivity index (χ0) is 26.5. The quantitative estimate of drug-likeness (QED) is 0.424. The molecule has 0 N–H and O–H groups in total. The molecule has 0 fully saturated rings. The predicted octanol–water partition coefficient (Wildman–Crippen LogP) is 3.13. The van der Waals surface area contributed by atoms with Gasteiger partial charge in [0, 0.05) is 0 Å². The third-order valence-electron chi connectivity index (χ3n) is 5.54. The Morgan fingerprint density at radius 2 is 1.81 bits per heavy atom. The topological polar surface area (TPSA) is 96.2 Å². The van der Waals surface area contributed by atoms with Gasteiger partial charge in [0.15, 0.2) is 11.4 Å². The molecular weight excluding hydrogens is 492 g/mol. The van der Waals surface area contributed by atoms with E-state index in [1.807, 2.05) is 30.3 Å². The highest BCUT2D eigenvalue weighted by Gasteiger charge is 2.33. The first-order chi connectivity index (χ1) is 17.8. The Hall–Kier alpha value is -3.98. The highest BCUT2D eigenvalue weighted by Crippen LogP contribution is 2.30. The van der Waals surface area contributed by atoms with Crippen LogP contribution in [0.15, 0.2) is 75.7 Å². The lowest BCUT2D eigenvalue weighted by atomic mass is 9.96. The summed E-state index contributed by atoms with van der Waals surface area (Å²) in [6.45, 7) is 7.19. The first-order valence-corrected chi connectivity index (χ1v) is 12.8. The molecule has 3 aromatic rings. The van der Waals surface area contributed by atoms with Crippen molar-refractivity contribution in [2.24, 2.45) is 4.99 Å². The molecule has 0 amide bonds. The van der Waals surface area contributed by atoms with Gasteiger partial charge in [0.05, 0.1) is 34.6 Å². The van der Waals surface area contributed by atoms with Crippen molar-refractivity contribution >= 4 is 29.4 Å². The Bertz CT molecular complexity index is 1500. The number of nitrogens with zero attached hydrogens (tertiary/aromatic N) is 2. The molecule has 1 aliphatic rings. The molecule has 2 heterocycles. The molecule has 1 atom stereocenters. The number of esters is 2. The van der Waals surface area contributed by atoms with E-state index in [4.69, 9.17) is 14.2 Å². The first-order valence-electron chi connectivity index (χ1n) is 12.0. The van der Waals surface area contributed by atoms with Crippen molar-refractivity contribution in [3.63, 3.8) is 0 Å². The zero-order valence-corrected chi connectivity index (χ0v) is 21.9. The second-order valence-corrected chi connectivity index (χ2v) is 9.62. The van der Waals surface area contributed by atoms with E-state index in [-0.39, 0.29) is 18.3 Å². The van der Waals surface area contributed by atoms with E-state index in [9.17, 15) is 14.4 Å². The number of aromatic nitrogens is 1. The minimum absolute atomic E-state index is 0.174. The van der Waals surface area contributed by atoms with Gasteiger partial charge in [-0.2, -0.15) is 0 Å². The molecule has 4 rings (SSSR count). The summed E-state index contributed by atoms with van der Waals surface area (Å²) in [6.07, 6.45) is 1.46. The van der Waals surface area contributed by atoms with Gasteiger partial charge in [0.25, 0.3) is 5.56 Å². The summed E-state index contributed by atoms with van der Waals surface area (Å²) in [7, 11) is 0. The van der Waals surface area contributed by atoms with Crippen LogP contribution in [0, 0.1) is 0 Å². The number of thiazole rings is 1. The number of benzene rings is 2. The number of carbonyl (C=O) groups is 2. The fourth-order valence-electron chi connectivity index (χ4n) is 3.97. The number of ether oxygens (including phenoxy) is 3. The minimum atomic E-state index is -0.649. The van der Waals surface area contributed by atoms with E-state index in [1.54, 1.807) is 62.6 Å². The average Bonchev–Trinajstić information content (AvgIpc) is 3.17. The van der Waals surface area contributed by atoms with Crippen molar-refractivity contribution in [2.45, 2.75) is 39.8 Å². The first kappa shape index (κ1) is 26.1. The number of hydrogen-bond acceptors (Lipinski definition) is 8. The summed E-state index contributed by atoms with van der Waals surface area (Å²) in [5.74, 6) is -0.412. The third kappa shape index (κ3) is 5.89. The van der Waals surface area contributed by atoms with Crippen molar-refractivity contribution in [1.29, 1.82) is 0 Å². The van der Waals surface area contributed by atoms with Crippen LogP contribution in [0.1, 0.15) is 44.9 Å². The van der Waals surface area contributed by atoms with E-state index in [0.717, 1.165) is 11.1 Å². The molecule has 0 saturated carbocycles. The van der Waals surface area contributed by atoms with Gasteiger partial charge in [0.1, 0.15) is 5.75 Å². The largest absolute Gasteiger partial charge is 0.482 e. The molecular formula is C28H28N2O6S. The van der Waals surface area contributed by atoms with E-state index in [0.29, 0.717) is 33.0 Å². The van der Waals surface area contributed by atoms with E-state index in [2.05, 4.69) is 4.99 Å². The Kier molecular flexibility index (Phi) is 8.03. The van der Waals surface area contributed by atoms with E-state index >= 15 is 0 Å². The van der Waals surface area contributed by atoms with Crippen LogP contribution in [0.3, 0.4) is 0 Å². The standard InChI is InChI=1S/C28H28N2O6S/c1-5-34-23(31)16-35-21-13-11-19(12-14-21)15-22-26(32)30-25(20-9-7-6-8-10-20)24(27(33)36-17(2)3)18(4)29-28(30)37-22/h6-15,17,25H,5,16H2,1-4H3. The highest BCUT2D eigenvalue weighted by atomic mass is 32.1. The number of fused-ring (bicyclic) bond motifs is 1. The minimum Gasteiger partial charge on any atom is -0.482 e. The molecule has 37 heavy (non-hydrogen) atoms. The average molecular weight is 521 g/mol. The van der Waals surface area contributed by atoms with Crippen LogP contribution < -0.4 is 19.6 Å². The highest BCUT2D eigenvalue weighted by molar-refractivity contribution is 7.07. The summed E-state index contributed by atoms with van der Waals surface area (Å²) in [5.41, 5.74) is 2.20. The van der Waals surface area contributed by atoms with Gasteiger partial charge < -0.3 is 14.2 Å². The number of carbonyl (C=O) groups excluding carboxylic acids is 2. The summed E-state index contributed by atoms with van der Waals surface area (Å²) in [5, 5.41) is 0. The SMILES string of the molecule is CCOC(=O)COc1ccc(C=c2sc3n(c2=O)C(c2ccccc2)C(C(=O)OC(C)C)=C(C)N=3)cc1. The normalized spacial score (nSPS) is 15.3. The molecule has 0 bridgehead atoms. The van der Waals surface area contributed by atoms with Crippen molar-refractivity contribution in [3.05, 3.63) is 96.7 Å². The van der Waals surface area contributed by atoms with Crippen LogP contribution >= 0.6 is 11.3 Å².